The number of amides is 1. The Labute approximate surface area is 136 Å². The molecule has 23 heavy (non-hydrogen) atoms. The predicted octanol–water partition coefficient (Wildman–Crippen LogP) is 2.00. The zero-order valence-corrected chi connectivity index (χ0v) is 13.6. The molecule has 0 aliphatic carbocycles. The Bertz CT molecular complexity index is 843. The van der Waals surface area contributed by atoms with E-state index in [4.69, 9.17) is 4.74 Å². The van der Waals surface area contributed by atoms with Crippen molar-refractivity contribution in [3.63, 3.8) is 0 Å². The zero-order chi connectivity index (χ0) is 16.4. The molecule has 0 spiro atoms. The van der Waals surface area contributed by atoms with Crippen molar-refractivity contribution in [2.75, 3.05) is 12.4 Å². The largest absolute Gasteiger partial charge is 0.480 e. The lowest BCUT2D eigenvalue weighted by Crippen LogP contribution is -2.16. The number of aryl methyl sites for hydroxylation is 1. The summed E-state index contributed by atoms with van der Waals surface area (Å²) < 4.78 is 6.65. The van der Waals surface area contributed by atoms with Gasteiger partial charge in [-0.05, 0) is 42.0 Å². The van der Waals surface area contributed by atoms with Crippen LogP contribution in [0.3, 0.4) is 0 Å². The summed E-state index contributed by atoms with van der Waals surface area (Å²) in [6.07, 6.45) is 3.06. The summed E-state index contributed by atoms with van der Waals surface area (Å²) in [6, 6.07) is 3.46. The van der Waals surface area contributed by atoms with Gasteiger partial charge in [0.2, 0.25) is 5.88 Å². The number of ether oxygens (including phenoxy) is 1. The summed E-state index contributed by atoms with van der Waals surface area (Å²) in [5.41, 5.74) is 1.93. The van der Waals surface area contributed by atoms with E-state index >= 15 is 0 Å². The molecule has 3 aromatic rings. The van der Waals surface area contributed by atoms with Gasteiger partial charge in [0, 0.05) is 11.1 Å². The minimum atomic E-state index is -0.261. The molecule has 3 rings (SSSR count). The van der Waals surface area contributed by atoms with Crippen LogP contribution in [0.5, 0.6) is 5.88 Å². The van der Waals surface area contributed by atoms with Crippen LogP contribution in [0.4, 0.5) is 5.69 Å². The second kappa shape index (κ2) is 6.13. The Morgan fingerprint density at radius 2 is 2.22 bits per heavy atom. The second-order valence-electron chi connectivity index (χ2n) is 4.73. The molecule has 0 unspecified atom stereocenters. The summed E-state index contributed by atoms with van der Waals surface area (Å²) in [5, 5.41) is 14.6. The Morgan fingerprint density at radius 1 is 1.39 bits per heavy atom. The minimum Gasteiger partial charge on any atom is -0.480 e. The fourth-order valence-corrected chi connectivity index (χ4v) is 3.20. The third kappa shape index (κ3) is 2.78. The monoisotopic (exact) mass is 330 g/mol. The number of rotatable bonds is 4. The van der Waals surface area contributed by atoms with Crippen LogP contribution in [0, 0.1) is 13.8 Å². The van der Waals surface area contributed by atoms with Crippen molar-refractivity contribution in [2.45, 2.75) is 13.8 Å². The fourth-order valence-electron chi connectivity index (χ4n) is 2.13. The molecule has 0 fully saturated rings. The zero-order valence-electron chi connectivity index (χ0n) is 12.8. The molecular formula is C14H14N6O2S. The van der Waals surface area contributed by atoms with Crippen molar-refractivity contribution in [3.8, 4) is 10.9 Å². The van der Waals surface area contributed by atoms with E-state index in [0.29, 0.717) is 22.1 Å². The van der Waals surface area contributed by atoms with Gasteiger partial charge in [0.25, 0.3) is 5.91 Å². The van der Waals surface area contributed by atoms with Crippen molar-refractivity contribution in [3.05, 3.63) is 40.7 Å². The van der Waals surface area contributed by atoms with E-state index in [1.807, 2.05) is 13.8 Å². The third-order valence-electron chi connectivity index (χ3n) is 3.36. The van der Waals surface area contributed by atoms with Crippen LogP contribution in [0.2, 0.25) is 0 Å². The smallest absolute Gasteiger partial charge is 0.259 e. The second-order valence-corrected chi connectivity index (χ2v) is 5.94. The Balaban J connectivity index is 2.00. The lowest BCUT2D eigenvalue weighted by atomic mass is 10.1. The molecule has 0 bridgehead atoms. The van der Waals surface area contributed by atoms with E-state index < -0.39 is 0 Å². The van der Waals surface area contributed by atoms with Crippen LogP contribution in [0.1, 0.15) is 20.8 Å². The lowest BCUT2D eigenvalue weighted by Gasteiger charge is -2.09. The van der Waals surface area contributed by atoms with Crippen LogP contribution in [-0.4, -0.2) is 38.2 Å². The number of nitrogens with zero attached hydrogens (tertiary/aromatic N) is 5. The number of thiophene rings is 1. The number of carbonyl (C=O) groups excluding carboxylic acids is 1. The summed E-state index contributed by atoms with van der Waals surface area (Å²) in [6.45, 7) is 3.85. The molecule has 0 aliphatic rings. The van der Waals surface area contributed by atoms with Gasteiger partial charge in [-0.3, -0.25) is 4.79 Å². The standard InChI is InChI=1S/C14H14N6O2S/c1-8-9(2)23-14(20-7-16-18-19-20)11(8)12(21)17-10-5-4-6-15-13(10)22-3/h4-7H,1-3H3,(H,17,21). The van der Waals surface area contributed by atoms with Gasteiger partial charge >= 0.3 is 0 Å². The van der Waals surface area contributed by atoms with Crippen LogP contribution in [-0.2, 0) is 0 Å². The summed E-state index contributed by atoms with van der Waals surface area (Å²) >= 11 is 1.46. The number of hydrogen-bond donors (Lipinski definition) is 1. The number of nitrogens with one attached hydrogen (secondary N) is 1. The van der Waals surface area contributed by atoms with Crippen LogP contribution < -0.4 is 10.1 Å². The summed E-state index contributed by atoms with van der Waals surface area (Å²) in [4.78, 5) is 17.9. The van der Waals surface area contributed by atoms with Gasteiger partial charge in [-0.1, -0.05) is 0 Å². The van der Waals surface area contributed by atoms with Crippen molar-refractivity contribution >= 4 is 22.9 Å². The maximum absolute atomic E-state index is 12.8. The molecule has 0 saturated carbocycles. The van der Waals surface area contributed by atoms with Crippen molar-refractivity contribution in [1.29, 1.82) is 0 Å². The Morgan fingerprint density at radius 3 is 2.91 bits per heavy atom. The van der Waals surface area contributed by atoms with E-state index in [2.05, 4.69) is 25.8 Å². The van der Waals surface area contributed by atoms with Gasteiger partial charge in [-0.25, -0.2) is 4.98 Å². The van der Waals surface area contributed by atoms with Crippen LogP contribution >= 0.6 is 11.3 Å². The number of methoxy groups -OCH3 is 1. The Kier molecular flexibility index (Phi) is 4.02. The molecule has 0 aromatic carbocycles. The highest BCUT2D eigenvalue weighted by Crippen LogP contribution is 2.31. The first-order valence-electron chi connectivity index (χ1n) is 6.75. The van der Waals surface area contributed by atoms with Crippen LogP contribution in [0.25, 0.3) is 5.00 Å². The van der Waals surface area contributed by atoms with E-state index in [9.17, 15) is 4.79 Å². The third-order valence-corrected chi connectivity index (χ3v) is 4.56. The van der Waals surface area contributed by atoms with Gasteiger partial charge in [0.05, 0.1) is 12.7 Å². The number of pyridine rings is 1. The molecule has 118 valence electrons. The molecule has 3 heterocycles. The van der Waals surface area contributed by atoms with Crippen molar-refractivity contribution < 1.29 is 9.53 Å². The summed E-state index contributed by atoms with van der Waals surface area (Å²) in [5.74, 6) is 0.0954. The number of anilines is 1. The average molecular weight is 330 g/mol. The summed E-state index contributed by atoms with van der Waals surface area (Å²) in [7, 11) is 1.50. The van der Waals surface area contributed by atoms with E-state index in [-0.39, 0.29) is 5.91 Å². The fraction of sp³-hybridized carbons (Fsp3) is 0.214. The van der Waals surface area contributed by atoms with E-state index in [1.54, 1.807) is 18.3 Å². The van der Waals surface area contributed by atoms with Crippen LogP contribution in [0.15, 0.2) is 24.7 Å². The first-order chi connectivity index (χ1) is 11.1. The predicted molar refractivity (Wildman–Crippen MR) is 85.2 cm³/mol. The molecule has 0 radical (unpaired) electrons. The molecule has 3 aromatic heterocycles. The maximum atomic E-state index is 12.8. The molecule has 0 saturated heterocycles. The highest BCUT2D eigenvalue weighted by Gasteiger charge is 2.22. The molecule has 9 heteroatoms. The SMILES string of the molecule is COc1ncccc1NC(=O)c1c(-n2cnnn2)sc(C)c1C. The van der Waals surface area contributed by atoms with Gasteiger partial charge in [0.15, 0.2) is 0 Å². The number of tetrazole rings is 1. The average Bonchev–Trinajstić information content (AvgIpc) is 3.17. The van der Waals surface area contributed by atoms with Crippen molar-refractivity contribution in [2.24, 2.45) is 0 Å². The number of aromatic nitrogens is 5. The molecule has 1 N–H and O–H groups in total. The first kappa shape index (κ1) is 15.1. The molecular weight excluding hydrogens is 316 g/mol. The molecule has 0 atom stereocenters. The number of hydrogen-bond acceptors (Lipinski definition) is 7. The quantitative estimate of drug-likeness (QED) is 0.786. The minimum absolute atomic E-state index is 0.261. The van der Waals surface area contributed by atoms with Crippen molar-refractivity contribution in [1.82, 2.24) is 25.2 Å². The molecule has 0 aliphatic heterocycles. The lowest BCUT2D eigenvalue weighted by molar-refractivity contribution is 0.102. The maximum Gasteiger partial charge on any atom is 0.259 e. The van der Waals surface area contributed by atoms with Gasteiger partial charge in [-0.2, -0.15) is 4.68 Å². The van der Waals surface area contributed by atoms with E-state index in [0.717, 1.165) is 10.4 Å². The van der Waals surface area contributed by atoms with Gasteiger partial charge < -0.3 is 10.1 Å². The topological polar surface area (TPSA) is 94.8 Å². The molecule has 1 amide bonds. The normalized spacial score (nSPS) is 10.6. The molecule has 8 nitrogen and oxygen atoms in total. The highest BCUT2D eigenvalue weighted by atomic mass is 32.1. The van der Waals surface area contributed by atoms with E-state index in [1.165, 1.54) is 29.5 Å². The Hall–Kier alpha value is -2.81. The first-order valence-corrected chi connectivity index (χ1v) is 7.57. The highest BCUT2D eigenvalue weighted by molar-refractivity contribution is 7.15. The van der Waals surface area contributed by atoms with Gasteiger partial charge in [0.1, 0.15) is 17.0 Å². The number of carbonyl (C=O) groups is 1. The van der Waals surface area contributed by atoms with Gasteiger partial charge in [-0.15, -0.1) is 16.4 Å².